The molecule has 5 nitrogen and oxygen atoms in total. The van der Waals surface area contributed by atoms with E-state index in [1.807, 2.05) is 56.3 Å². The minimum Gasteiger partial charge on any atom is -0.489 e. The zero-order valence-electron chi connectivity index (χ0n) is 16.5. The van der Waals surface area contributed by atoms with Crippen LogP contribution in [0, 0.1) is 13.8 Å². The summed E-state index contributed by atoms with van der Waals surface area (Å²) >= 11 is 0. The Balaban J connectivity index is 1.47. The van der Waals surface area contributed by atoms with Gasteiger partial charge < -0.3 is 14.8 Å². The van der Waals surface area contributed by atoms with E-state index in [-0.39, 0.29) is 6.61 Å². The van der Waals surface area contributed by atoms with Crippen LogP contribution < -0.4 is 10.1 Å². The highest BCUT2D eigenvalue weighted by Crippen LogP contribution is 2.17. The smallest absolute Gasteiger partial charge is 0.338 e. The van der Waals surface area contributed by atoms with Crippen LogP contribution in [-0.2, 0) is 16.1 Å². The molecule has 1 amide bonds. The maximum absolute atomic E-state index is 12.1. The molecule has 148 valence electrons. The average molecular weight is 389 g/mol. The van der Waals surface area contributed by atoms with Crippen molar-refractivity contribution in [3.8, 4) is 5.75 Å². The first kappa shape index (κ1) is 20.1. The van der Waals surface area contributed by atoms with Crippen molar-refractivity contribution >= 4 is 17.6 Å². The number of nitrogens with one attached hydrogen (secondary N) is 1. The summed E-state index contributed by atoms with van der Waals surface area (Å²) < 4.78 is 10.8. The Labute approximate surface area is 170 Å². The van der Waals surface area contributed by atoms with Crippen molar-refractivity contribution in [3.05, 3.63) is 95.1 Å². The van der Waals surface area contributed by atoms with Crippen LogP contribution in [0.25, 0.3) is 0 Å². The molecule has 0 aliphatic rings. The Kier molecular flexibility index (Phi) is 6.63. The molecule has 1 N–H and O–H groups in total. The molecule has 3 rings (SSSR count). The lowest BCUT2D eigenvalue weighted by atomic mass is 10.1. The summed E-state index contributed by atoms with van der Waals surface area (Å²) in [7, 11) is 0. The highest BCUT2D eigenvalue weighted by Gasteiger charge is 2.13. The molecule has 0 heterocycles. The van der Waals surface area contributed by atoms with E-state index in [4.69, 9.17) is 9.47 Å². The topological polar surface area (TPSA) is 64.6 Å². The molecule has 0 atom stereocenters. The van der Waals surface area contributed by atoms with Crippen molar-refractivity contribution in [1.29, 1.82) is 0 Å². The van der Waals surface area contributed by atoms with Crippen molar-refractivity contribution in [3.63, 3.8) is 0 Å². The van der Waals surface area contributed by atoms with E-state index in [1.54, 1.807) is 30.3 Å². The molecule has 3 aromatic carbocycles. The van der Waals surface area contributed by atoms with Crippen molar-refractivity contribution in [2.24, 2.45) is 0 Å². The van der Waals surface area contributed by atoms with Gasteiger partial charge in [-0.25, -0.2) is 4.79 Å². The van der Waals surface area contributed by atoms with Gasteiger partial charge in [0.05, 0.1) is 5.56 Å². The van der Waals surface area contributed by atoms with Gasteiger partial charge in [0, 0.05) is 5.69 Å². The molecule has 29 heavy (non-hydrogen) atoms. The zero-order valence-corrected chi connectivity index (χ0v) is 16.5. The predicted molar refractivity (Wildman–Crippen MR) is 112 cm³/mol. The molecular formula is C24H23NO4. The molecule has 0 aromatic heterocycles. The Bertz CT molecular complexity index is 982. The monoisotopic (exact) mass is 389 g/mol. The minimum atomic E-state index is -0.512. The second-order valence-electron chi connectivity index (χ2n) is 6.74. The number of anilines is 1. The summed E-state index contributed by atoms with van der Waals surface area (Å²) in [5.41, 5.74) is 4.03. The summed E-state index contributed by atoms with van der Waals surface area (Å²) in [6, 6.07) is 22.4. The number of amides is 1. The number of carbonyl (C=O) groups is 2. The molecular weight excluding hydrogens is 366 g/mol. The second-order valence-corrected chi connectivity index (χ2v) is 6.74. The first-order valence-corrected chi connectivity index (χ1v) is 9.32. The van der Waals surface area contributed by atoms with Gasteiger partial charge in [-0.2, -0.15) is 0 Å². The Morgan fingerprint density at radius 3 is 2.31 bits per heavy atom. The lowest BCUT2D eigenvalue weighted by Gasteiger charge is -2.10. The maximum atomic E-state index is 12.1. The molecule has 0 aliphatic carbocycles. The first-order valence-electron chi connectivity index (χ1n) is 9.32. The highest BCUT2D eigenvalue weighted by atomic mass is 16.5. The molecule has 0 saturated heterocycles. The van der Waals surface area contributed by atoms with E-state index in [0.717, 1.165) is 16.7 Å². The van der Waals surface area contributed by atoms with E-state index in [0.29, 0.717) is 23.6 Å². The van der Waals surface area contributed by atoms with E-state index in [1.165, 1.54) is 0 Å². The van der Waals surface area contributed by atoms with Crippen LogP contribution in [0.5, 0.6) is 5.75 Å². The fraction of sp³-hybridized carbons (Fsp3) is 0.167. The van der Waals surface area contributed by atoms with E-state index in [2.05, 4.69) is 5.32 Å². The van der Waals surface area contributed by atoms with Crippen LogP contribution in [0.1, 0.15) is 27.0 Å². The van der Waals surface area contributed by atoms with Gasteiger partial charge in [-0.1, -0.05) is 48.0 Å². The quantitative estimate of drug-likeness (QED) is 0.596. The van der Waals surface area contributed by atoms with E-state index >= 15 is 0 Å². The summed E-state index contributed by atoms with van der Waals surface area (Å²) in [5.74, 6) is -0.212. The number of esters is 1. The number of ether oxygens (including phenoxy) is 2. The Morgan fingerprint density at radius 2 is 1.62 bits per heavy atom. The van der Waals surface area contributed by atoms with Crippen LogP contribution in [-0.4, -0.2) is 18.5 Å². The predicted octanol–water partition coefficient (Wildman–Crippen LogP) is 4.68. The van der Waals surface area contributed by atoms with Gasteiger partial charge in [-0.05, 0) is 55.3 Å². The molecule has 0 radical (unpaired) electrons. The van der Waals surface area contributed by atoms with Crippen molar-refractivity contribution in [2.75, 3.05) is 11.9 Å². The second kappa shape index (κ2) is 9.55. The molecule has 0 saturated carbocycles. The lowest BCUT2D eigenvalue weighted by molar-refractivity contribution is -0.119. The standard InChI is InChI=1S/C24H23NO4/c1-17-8-13-22(18(2)14-17)24(27)29-16-23(26)25-20-9-11-21(12-10-20)28-15-19-6-4-3-5-7-19/h3-14H,15-16H2,1-2H3,(H,25,26). The molecule has 0 aliphatic heterocycles. The number of benzene rings is 3. The lowest BCUT2D eigenvalue weighted by Crippen LogP contribution is -2.21. The van der Waals surface area contributed by atoms with Gasteiger partial charge in [0.25, 0.3) is 5.91 Å². The third-order valence-electron chi connectivity index (χ3n) is 4.32. The summed E-state index contributed by atoms with van der Waals surface area (Å²) in [5, 5.41) is 2.70. The van der Waals surface area contributed by atoms with Gasteiger partial charge >= 0.3 is 5.97 Å². The van der Waals surface area contributed by atoms with Crippen LogP contribution in [0.15, 0.2) is 72.8 Å². The third-order valence-corrected chi connectivity index (χ3v) is 4.32. The Morgan fingerprint density at radius 1 is 0.897 bits per heavy atom. The summed E-state index contributed by atoms with van der Waals surface area (Å²) in [4.78, 5) is 24.2. The maximum Gasteiger partial charge on any atom is 0.338 e. The van der Waals surface area contributed by atoms with E-state index < -0.39 is 11.9 Å². The van der Waals surface area contributed by atoms with Gasteiger partial charge in [-0.3, -0.25) is 4.79 Å². The fourth-order valence-corrected chi connectivity index (χ4v) is 2.82. The number of carbonyl (C=O) groups excluding carboxylic acids is 2. The minimum absolute atomic E-state index is 0.349. The van der Waals surface area contributed by atoms with Crippen LogP contribution in [0.2, 0.25) is 0 Å². The van der Waals surface area contributed by atoms with Crippen molar-refractivity contribution < 1.29 is 19.1 Å². The molecule has 0 spiro atoms. The molecule has 3 aromatic rings. The van der Waals surface area contributed by atoms with Crippen LogP contribution in [0.4, 0.5) is 5.69 Å². The SMILES string of the molecule is Cc1ccc(C(=O)OCC(=O)Nc2ccc(OCc3ccccc3)cc2)c(C)c1. The van der Waals surface area contributed by atoms with Crippen molar-refractivity contribution in [2.45, 2.75) is 20.5 Å². The van der Waals surface area contributed by atoms with Crippen LogP contribution >= 0.6 is 0 Å². The van der Waals surface area contributed by atoms with Gasteiger partial charge in [-0.15, -0.1) is 0 Å². The summed E-state index contributed by atoms with van der Waals surface area (Å²) in [6.07, 6.45) is 0. The fourth-order valence-electron chi connectivity index (χ4n) is 2.82. The summed E-state index contributed by atoms with van der Waals surface area (Å²) in [6.45, 7) is 3.91. The Hall–Kier alpha value is -3.60. The number of aryl methyl sites for hydroxylation is 2. The van der Waals surface area contributed by atoms with Gasteiger partial charge in [0.15, 0.2) is 6.61 Å². The molecule has 0 fully saturated rings. The largest absolute Gasteiger partial charge is 0.489 e. The normalized spacial score (nSPS) is 10.3. The highest BCUT2D eigenvalue weighted by molar-refractivity contribution is 5.96. The van der Waals surface area contributed by atoms with Gasteiger partial charge in [0.2, 0.25) is 0 Å². The molecule has 5 heteroatoms. The zero-order chi connectivity index (χ0) is 20.6. The number of hydrogen-bond acceptors (Lipinski definition) is 4. The number of hydrogen-bond donors (Lipinski definition) is 1. The van der Waals surface area contributed by atoms with Gasteiger partial charge in [0.1, 0.15) is 12.4 Å². The third kappa shape index (κ3) is 5.94. The molecule has 0 unspecified atom stereocenters. The molecule has 0 bridgehead atoms. The van der Waals surface area contributed by atoms with Crippen LogP contribution in [0.3, 0.4) is 0 Å². The van der Waals surface area contributed by atoms with Crippen molar-refractivity contribution in [1.82, 2.24) is 0 Å². The first-order chi connectivity index (χ1) is 14.0. The van der Waals surface area contributed by atoms with E-state index in [9.17, 15) is 9.59 Å². The average Bonchev–Trinajstić information content (AvgIpc) is 2.72. The number of rotatable bonds is 7.